The first-order valence-corrected chi connectivity index (χ1v) is 3.85. The maximum Gasteiger partial charge on any atom is 0.188 e. The lowest BCUT2D eigenvalue weighted by atomic mass is 10.5. The molecule has 3 heteroatoms. The number of guanidine groups is 1. The highest BCUT2D eigenvalue weighted by Crippen LogP contribution is 1.76. The summed E-state index contributed by atoms with van der Waals surface area (Å²) in [5, 5.41) is 2.99. The molecule has 0 aromatic carbocycles. The standard InChI is InChI=1S/C7H17N3/c1-3-5-9-7(8)10-6-4-2/h3-6H2,1-2H3,(H3,8,9,10). The molecule has 0 atom stereocenters. The van der Waals surface area contributed by atoms with Crippen LogP contribution >= 0.6 is 0 Å². The van der Waals surface area contributed by atoms with Gasteiger partial charge in [0, 0.05) is 13.1 Å². The molecule has 0 saturated heterocycles. The number of hydrogen-bond acceptors (Lipinski definition) is 1. The second-order valence-electron chi connectivity index (χ2n) is 2.19. The fraction of sp³-hybridized carbons (Fsp3) is 0.857. The van der Waals surface area contributed by atoms with Crippen molar-refractivity contribution in [3.05, 3.63) is 0 Å². The zero-order valence-corrected chi connectivity index (χ0v) is 6.85. The molecule has 0 heterocycles. The van der Waals surface area contributed by atoms with E-state index in [1.807, 2.05) is 0 Å². The lowest BCUT2D eigenvalue weighted by Gasteiger charge is -2.01. The van der Waals surface area contributed by atoms with Crippen LogP contribution < -0.4 is 11.1 Å². The Morgan fingerprint density at radius 2 is 2.10 bits per heavy atom. The number of nitrogens with one attached hydrogen (secondary N) is 1. The van der Waals surface area contributed by atoms with Gasteiger partial charge in [-0.15, -0.1) is 0 Å². The first-order valence-electron chi connectivity index (χ1n) is 3.85. The van der Waals surface area contributed by atoms with Crippen molar-refractivity contribution in [2.75, 3.05) is 13.1 Å². The number of hydrogen-bond donors (Lipinski definition) is 2. The quantitative estimate of drug-likeness (QED) is 0.450. The Balaban J connectivity index is 3.30. The minimum atomic E-state index is 0.573. The summed E-state index contributed by atoms with van der Waals surface area (Å²) in [7, 11) is 0. The van der Waals surface area contributed by atoms with E-state index in [2.05, 4.69) is 24.2 Å². The average Bonchev–Trinajstić information content (AvgIpc) is 1.97. The predicted molar refractivity (Wildman–Crippen MR) is 45.1 cm³/mol. The van der Waals surface area contributed by atoms with Crippen LogP contribution in [0.15, 0.2) is 4.99 Å². The number of rotatable bonds is 4. The average molecular weight is 143 g/mol. The number of nitrogens with zero attached hydrogens (tertiary/aromatic N) is 1. The molecule has 0 aromatic rings. The molecule has 0 fully saturated rings. The highest BCUT2D eigenvalue weighted by molar-refractivity contribution is 5.77. The van der Waals surface area contributed by atoms with Crippen LogP contribution in [-0.4, -0.2) is 19.0 Å². The Bertz CT molecular complexity index is 99.0. The molecule has 0 aliphatic carbocycles. The molecule has 0 amide bonds. The second kappa shape index (κ2) is 6.39. The molecule has 0 saturated carbocycles. The van der Waals surface area contributed by atoms with Gasteiger partial charge >= 0.3 is 0 Å². The van der Waals surface area contributed by atoms with Crippen LogP contribution in [0.1, 0.15) is 26.7 Å². The SMILES string of the molecule is CCCN=C(N)NCCC. The Labute approximate surface area is 62.7 Å². The Kier molecular flexibility index (Phi) is 5.92. The molecule has 3 nitrogen and oxygen atoms in total. The van der Waals surface area contributed by atoms with Gasteiger partial charge in [0.1, 0.15) is 0 Å². The molecule has 0 spiro atoms. The molecule has 0 bridgehead atoms. The van der Waals surface area contributed by atoms with E-state index in [0.717, 1.165) is 25.9 Å². The van der Waals surface area contributed by atoms with Crippen molar-refractivity contribution in [1.82, 2.24) is 5.32 Å². The molecule has 0 rings (SSSR count). The van der Waals surface area contributed by atoms with Crippen molar-refractivity contribution in [3.63, 3.8) is 0 Å². The third-order valence-electron chi connectivity index (χ3n) is 1.06. The van der Waals surface area contributed by atoms with Gasteiger partial charge in [0.05, 0.1) is 0 Å². The molecule has 3 N–H and O–H groups in total. The fourth-order valence-corrected chi connectivity index (χ4v) is 0.541. The summed E-state index contributed by atoms with van der Waals surface area (Å²) in [6.07, 6.45) is 2.14. The van der Waals surface area contributed by atoms with Crippen molar-refractivity contribution >= 4 is 5.96 Å². The van der Waals surface area contributed by atoms with Crippen LogP contribution in [0.4, 0.5) is 0 Å². The van der Waals surface area contributed by atoms with Gasteiger partial charge in [-0.1, -0.05) is 13.8 Å². The zero-order chi connectivity index (χ0) is 7.82. The molecule has 0 radical (unpaired) electrons. The Morgan fingerprint density at radius 3 is 2.60 bits per heavy atom. The Morgan fingerprint density at radius 1 is 1.40 bits per heavy atom. The van der Waals surface area contributed by atoms with Crippen LogP contribution in [-0.2, 0) is 0 Å². The first-order chi connectivity index (χ1) is 4.81. The van der Waals surface area contributed by atoms with Crippen LogP contribution in [0.25, 0.3) is 0 Å². The van der Waals surface area contributed by atoms with Crippen LogP contribution in [0.5, 0.6) is 0 Å². The lowest BCUT2D eigenvalue weighted by molar-refractivity contribution is 0.820. The van der Waals surface area contributed by atoms with E-state index in [4.69, 9.17) is 5.73 Å². The molecule has 0 aromatic heterocycles. The van der Waals surface area contributed by atoms with E-state index < -0.39 is 0 Å². The second-order valence-corrected chi connectivity index (χ2v) is 2.19. The summed E-state index contributed by atoms with van der Waals surface area (Å²) in [6, 6.07) is 0. The zero-order valence-electron chi connectivity index (χ0n) is 6.85. The van der Waals surface area contributed by atoms with Gasteiger partial charge in [0.2, 0.25) is 0 Å². The number of nitrogens with two attached hydrogens (primary N) is 1. The molecule has 0 aliphatic rings. The first kappa shape index (κ1) is 9.27. The van der Waals surface area contributed by atoms with E-state index in [0.29, 0.717) is 5.96 Å². The van der Waals surface area contributed by atoms with Gasteiger partial charge in [-0.2, -0.15) is 0 Å². The molecular formula is C7H17N3. The molecule has 60 valence electrons. The van der Waals surface area contributed by atoms with E-state index in [1.165, 1.54) is 0 Å². The van der Waals surface area contributed by atoms with Crippen LogP contribution in [0, 0.1) is 0 Å². The highest BCUT2D eigenvalue weighted by atomic mass is 15.1. The van der Waals surface area contributed by atoms with Gasteiger partial charge < -0.3 is 11.1 Å². The lowest BCUT2D eigenvalue weighted by Crippen LogP contribution is -2.32. The Hall–Kier alpha value is -0.730. The smallest absolute Gasteiger partial charge is 0.188 e. The van der Waals surface area contributed by atoms with Gasteiger partial charge in [0.15, 0.2) is 5.96 Å². The summed E-state index contributed by atoms with van der Waals surface area (Å²) >= 11 is 0. The van der Waals surface area contributed by atoms with Crippen LogP contribution in [0.3, 0.4) is 0 Å². The molecule has 0 aliphatic heterocycles. The van der Waals surface area contributed by atoms with Gasteiger partial charge in [0.25, 0.3) is 0 Å². The van der Waals surface area contributed by atoms with Crippen molar-refractivity contribution in [1.29, 1.82) is 0 Å². The molecule has 0 unspecified atom stereocenters. The maximum atomic E-state index is 5.48. The van der Waals surface area contributed by atoms with Gasteiger partial charge in [-0.3, -0.25) is 4.99 Å². The van der Waals surface area contributed by atoms with E-state index >= 15 is 0 Å². The number of aliphatic imine (C=N–C) groups is 1. The third-order valence-corrected chi connectivity index (χ3v) is 1.06. The summed E-state index contributed by atoms with van der Waals surface area (Å²) < 4.78 is 0. The van der Waals surface area contributed by atoms with Crippen molar-refractivity contribution in [2.24, 2.45) is 10.7 Å². The minimum absolute atomic E-state index is 0.573. The van der Waals surface area contributed by atoms with E-state index in [-0.39, 0.29) is 0 Å². The van der Waals surface area contributed by atoms with Gasteiger partial charge in [-0.25, -0.2) is 0 Å². The summed E-state index contributed by atoms with van der Waals surface area (Å²) in [5.41, 5.74) is 5.48. The molecule has 10 heavy (non-hydrogen) atoms. The monoisotopic (exact) mass is 143 g/mol. The van der Waals surface area contributed by atoms with Crippen molar-refractivity contribution in [2.45, 2.75) is 26.7 Å². The van der Waals surface area contributed by atoms with E-state index in [9.17, 15) is 0 Å². The van der Waals surface area contributed by atoms with Crippen LogP contribution in [0.2, 0.25) is 0 Å². The maximum absolute atomic E-state index is 5.48. The topological polar surface area (TPSA) is 50.4 Å². The highest BCUT2D eigenvalue weighted by Gasteiger charge is 1.85. The van der Waals surface area contributed by atoms with E-state index in [1.54, 1.807) is 0 Å². The fourth-order valence-electron chi connectivity index (χ4n) is 0.541. The largest absolute Gasteiger partial charge is 0.370 e. The summed E-state index contributed by atoms with van der Waals surface area (Å²) in [5.74, 6) is 0.573. The van der Waals surface area contributed by atoms with Crippen molar-refractivity contribution in [3.8, 4) is 0 Å². The molecular weight excluding hydrogens is 126 g/mol. The predicted octanol–water partition coefficient (Wildman–Crippen LogP) is 0.711. The minimum Gasteiger partial charge on any atom is -0.370 e. The normalized spacial score (nSPS) is 11.6. The van der Waals surface area contributed by atoms with Crippen molar-refractivity contribution < 1.29 is 0 Å². The summed E-state index contributed by atoms with van der Waals surface area (Å²) in [6.45, 7) is 5.91. The summed E-state index contributed by atoms with van der Waals surface area (Å²) in [4.78, 5) is 4.06. The van der Waals surface area contributed by atoms with Gasteiger partial charge in [-0.05, 0) is 12.8 Å². The third kappa shape index (κ3) is 5.41.